The predicted octanol–water partition coefficient (Wildman–Crippen LogP) is -10.5. The highest BCUT2D eigenvalue weighted by Crippen LogP contribution is 2.05. The number of carbonyl (C=O) groups excluding carboxylic acids is 2. The quantitative estimate of drug-likeness (QED) is 0.0148. The summed E-state index contributed by atoms with van der Waals surface area (Å²) < 4.78 is 4.02. The van der Waals surface area contributed by atoms with Crippen LogP contribution in [-0.2, 0) is 67.1 Å². The first-order chi connectivity index (χ1) is 41.5. The van der Waals surface area contributed by atoms with Crippen LogP contribution in [0, 0.1) is 0 Å². The van der Waals surface area contributed by atoms with E-state index in [-0.39, 0.29) is 56.2 Å². The number of aliphatic hydroxyl groups excluding tert-OH is 1. The van der Waals surface area contributed by atoms with Crippen LogP contribution < -0.4 is 90.5 Å². The monoisotopic (exact) mass is 1320 g/mol. The number of aliphatic carboxylic acids is 11. The van der Waals surface area contributed by atoms with Crippen molar-refractivity contribution in [2.45, 2.75) is 139 Å². The van der Waals surface area contributed by atoms with Crippen LogP contribution in [0.4, 0.5) is 0 Å². The van der Waals surface area contributed by atoms with E-state index in [9.17, 15) is 62.3 Å². The number of nitrogens with one attached hydrogen (secondary N) is 3. The van der Waals surface area contributed by atoms with Crippen LogP contribution >= 0.6 is 0 Å². The van der Waals surface area contributed by atoms with E-state index in [1.165, 1.54) is 13.8 Å². The lowest BCUT2D eigenvalue weighted by atomic mass is 10.2. The molecule has 0 aromatic rings. The maximum Gasteiger partial charge on any atom is 0.327 e. The molecule has 90 heavy (non-hydrogen) atoms. The van der Waals surface area contributed by atoms with Crippen molar-refractivity contribution in [3.05, 3.63) is 0 Å². The van der Waals surface area contributed by atoms with Gasteiger partial charge in [-0.1, -0.05) is 0 Å². The van der Waals surface area contributed by atoms with Gasteiger partial charge in [-0.2, -0.15) is 0 Å². The van der Waals surface area contributed by atoms with Crippen LogP contribution in [-0.4, -0.2) is 264 Å². The maximum absolute atomic E-state index is 10.2. The van der Waals surface area contributed by atoms with Gasteiger partial charge in [-0.25, -0.2) is 0 Å². The fourth-order valence-electron chi connectivity index (χ4n) is 4.66. The van der Waals surface area contributed by atoms with Crippen molar-refractivity contribution in [1.29, 1.82) is 0 Å². The number of carboxylic acids is 11. The Kier molecular flexibility index (Phi) is 68.7. The second-order valence-corrected chi connectivity index (χ2v) is 17.5. The molecule has 3 aliphatic heterocycles. The minimum absolute atomic E-state index is 0.0129. The average Bonchev–Trinajstić information content (AvgIpc) is 4.53. The Bertz CT molecular complexity index is 1970. The summed E-state index contributed by atoms with van der Waals surface area (Å²) in [5, 5.41) is 106. The number of ether oxygens (including phenoxy) is 1. The summed E-state index contributed by atoms with van der Waals surface area (Å²) in [5.74, 6) is -12.2. The minimum atomic E-state index is -1.29. The van der Waals surface area contributed by atoms with Crippen molar-refractivity contribution in [1.82, 2.24) is 16.0 Å². The number of aliphatic imine (C=N–C) groups is 2. The molecule has 526 valence electrons. The third kappa shape index (κ3) is 79.3. The van der Waals surface area contributed by atoms with E-state index < -0.39 is 120 Å². The second-order valence-electron chi connectivity index (χ2n) is 17.5. The zero-order chi connectivity index (χ0) is 72.2. The molecule has 0 aliphatic carbocycles. The van der Waals surface area contributed by atoms with Crippen LogP contribution in [0.15, 0.2) is 9.98 Å². The van der Waals surface area contributed by atoms with Crippen molar-refractivity contribution in [3.8, 4) is 0 Å². The highest BCUT2D eigenvalue weighted by atomic mass is 16.6. The highest BCUT2D eigenvalue weighted by molar-refractivity contribution is 5.87. The third-order valence-electron chi connectivity index (χ3n) is 9.46. The number of carbonyl (C=O) groups is 13. The third-order valence-corrected chi connectivity index (χ3v) is 9.46. The lowest BCUT2D eigenvalue weighted by Gasteiger charge is -2.06. The molecule has 0 spiro atoms. The highest BCUT2D eigenvalue weighted by Gasteiger charge is 2.22. The van der Waals surface area contributed by atoms with Crippen LogP contribution in [0.3, 0.4) is 0 Å². The van der Waals surface area contributed by atoms with Gasteiger partial charge >= 0.3 is 77.6 Å². The molecule has 0 radical (unpaired) electrons. The number of esters is 2. The van der Waals surface area contributed by atoms with Crippen molar-refractivity contribution >= 4 is 89.5 Å². The van der Waals surface area contributed by atoms with Gasteiger partial charge in [0.15, 0.2) is 11.9 Å². The molecule has 3 rings (SSSR count). The molecular weight excluding hydrogens is 1220 g/mol. The standard InChI is InChI=1S/2C6H14N4O2.3C5H9NO2.C4H8N2O3.C4H7NO4.C4H9NO3.C3H7NO2.2C2H5NO2/c2*7-4(5(11)12)2-1-3-10-6(8)9;3*7-5(8)4-2-1-3-6-4;5-1-3(7)9-4(8)2-6;5-2(4(8)9)1-3(6)7;1-2(6)3(5)4(7)8;1-2(4)3(5)6;2*3-1-2(4)5/h2*4H,1-3,7H2,(H,11,12)(H4,8,9,10);3*4,6H,1-3H2,(H,7,8);1-2,5-6H2;2H,1,5H2,(H,6,7)(H,8,9);2-3,6H,5H2,1H3,(H,7,8);2H,4H2,1H3,(H,5,6);2*1,3H2,(H,4,5)/t5*4-;;2-;2-,3+;2-;;/m00000.010../s1. The minimum Gasteiger partial charge on any atom is -0.481 e. The van der Waals surface area contributed by atoms with E-state index in [2.05, 4.69) is 42.1 Å². The van der Waals surface area contributed by atoms with Gasteiger partial charge in [0.05, 0.1) is 38.7 Å². The average molecular weight is 1320 g/mol. The summed E-state index contributed by atoms with van der Waals surface area (Å²) in [6, 6.07) is -5.62. The fourth-order valence-corrected chi connectivity index (χ4v) is 4.66. The molecule has 0 bridgehead atoms. The normalized spacial score (nSPS) is 16.2. The van der Waals surface area contributed by atoms with E-state index in [1.54, 1.807) is 0 Å². The van der Waals surface area contributed by atoms with Gasteiger partial charge in [0.2, 0.25) is 0 Å². The van der Waals surface area contributed by atoms with Gasteiger partial charge in [-0.15, -0.1) is 0 Å². The number of aliphatic hydroxyl groups is 1. The fraction of sp³-hybridized carbons (Fsp3) is 0.674. The van der Waals surface area contributed by atoms with Crippen LogP contribution in [0.25, 0.3) is 0 Å². The second kappa shape index (κ2) is 63.4. The van der Waals surface area contributed by atoms with Gasteiger partial charge in [-0.05, 0) is 97.7 Å². The molecule has 0 aromatic carbocycles. The number of hydrogen-bond donors (Lipinski definition) is 28. The summed E-state index contributed by atoms with van der Waals surface area (Å²) in [4.78, 5) is 136. The number of carboxylic acid groups (broad SMARTS) is 11. The Labute approximate surface area is 515 Å². The lowest BCUT2D eigenvalue weighted by Crippen LogP contribution is -2.39. The molecule has 9 atom stereocenters. The van der Waals surface area contributed by atoms with Gasteiger partial charge in [0, 0.05) is 13.1 Å². The number of guanidine groups is 2. The van der Waals surface area contributed by atoms with E-state index in [1.807, 2.05) is 0 Å². The molecule has 0 amide bonds. The Balaban J connectivity index is -0.000000138. The predicted molar refractivity (Wildman–Crippen MR) is 316 cm³/mol. The summed E-state index contributed by atoms with van der Waals surface area (Å²) in [5.41, 5.74) is 64.0. The number of nitrogens with two attached hydrogens (primary N) is 13. The molecule has 3 saturated heterocycles. The van der Waals surface area contributed by atoms with Crippen LogP contribution in [0.5, 0.6) is 0 Å². The zero-order valence-electron chi connectivity index (χ0n) is 49.8. The first-order valence-electron chi connectivity index (χ1n) is 26.3. The zero-order valence-corrected chi connectivity index (χ0v) is 49.8. The summed E-state index contributed by atoms with van der Waals surface area (Å²) >= 11 is 0. The Morgan fingerprint density at radius 2 is 0.711 bits per heavy atom. The SMILES string of the molecule is C[C@@H](O)[C@H](N)C(=O)O.C[C@H](N)C(=O)O.NC(N)=NCCC[C@H](N)C(=O)O.NC(N)=NCCC[C@H](N)C(=O)O.NCC(=O)O.NCC(=O)O.NCC(=O)OC(=O)CN.N[C@@H](CC(=O)O)C(=O)O.O=C(O)[C@@H]1CCCN1.O=C(O)[C@@H]1CCCN1.O=C(O)[C@@H]1CCCN1. The van der Waals surface area contributed by atoms with E-state index in [4.69, 9.17) is 124 Å². The number of nitrogens with zero attached hydrogens (tertiary/aromatic N) is 2. The topological polar surface area (TPSA) is 873 Å². The Hall–Kier alpha value is -8.67. The first-order valence-corrected chi connectivity index (χ1v) is 26.3. The summed E-state index contributed by atoms with van der Waals surface area (Å²) in [6.45, 7) is 5.01. The Morgan fingerprint density at radius 1 is 0.444 bits per heavy atom. The largest absolute Gasteiger partial charge is 0.481 e. The molecule has 0 saturated carbocycles. The summed E-state index contributed by atoms with van der Waals surface area (Å²) in [7, 11) is 0. The van der Waals surface area contributed by atoms with Crippen molar-refractivity contribution in [2.24, 2.45) is 84.5 Å². The summed E-state index contributed by atoms with van der Waals surface area (Å²) in [6.07, 6.45) is 5.75. The molecule has 41 N–H and O–H groups in total. The molecular formula is C46H96N18O26. The molecule has 3 aliphatic rings. The maximum atomic E-state index is 10.2. The van der Waals surface area contributed by atoms with Crippen molar-refractivity contribution in [2.75, 3.05) is 58.9 Å². The van der Waals surface area contributed by atoms with Crippen LogP contribution in [0.1, 0.15) is 84.5 Å². The molecule has 0 aromatic heterocycles. The van der Waals surface area contributed by atoms with E-state index in [0.717, 1.165) is 58.2 Å². The number of hydrogen-bond acceptors (Lipinski definition) is 29. The molecule has 44 heteroatoms. The van der Waals surface area contributed by atoms with Crippen molar-refractivity contribution in [3.63, 3.8) is 0 Å². The van der Waals surface area contributed by atoms with Gasteiger partial charge in [0.1, 0.15) is 48.3 Å². The first kappa shape index (κ1) is 97.6. The number of rotatable bonds is 23. The van der Waals surface area contributed by atoms with E-state index >= 15 is 0 Å². The lowest BCUT2D eigenvalue weighted by molar-refractivity contribution is -0.158. The van der Waals surface area contributed by atoms with E-state index in [0.29, 0.717) is 38.8 Å². The molecule has 3 heterocycles. The molecule has 0 unspecified atom stereocenters. The van der Waals surface area contributed by atoms with Crippen molar-refractivity contribution < 1.29 is 128 Å². The molecule has 3 fully saturated rings. The smallest absolute Gasteiger partial charge is 0.327 e. The molecule has 44 nitrogen and oxygen atoms in total. The van der Waals surface area contributed by atoms with Crippen LogP contribution in [0.2, 0.25) is 0 Å². The van der Waals surface area contributed by atoms with Gasteiger partial charge in [-0.3, -0.25) is 72.3 Å². The Morgan fingerprint density at radius 3 is 0.822 bits per heavy atom. The van der Waals surface area contributed by atoms with Gasteiger partial charge < -0.3 is 157 Å². The van der Waals surface area contributed by atoms with Gasteiger partial charge in [0.25, 0.3) is 0 Å².